The number of fused-ring (bicyclic) bond motifs is 1. The lowest BCUT2D eigenvalue weighted by Gasteiger charge is -2.21. The molecular weight excluding hydrogens is 388 g/mol. The van der Waals surface area contributed by atoms with Gasteiger partial charge >= 0.3 is 0 Å². The highest BCUT2D eigenvalue weighted by molar-refractivity contribution is 5.84. The van der Waals surface area contributed by atoms with Crippen molar-refractivity contribution >= 4 is 11.0 Å². The Bertz CT molecular complexity index is 1020. The molecule has 0 atom stereocenters. The SMILES string of the molecule is CNC.Cc1c(OCc2ccccc2C#N)ccc2c(CCC3CCNCC3)noc12. The van der Waals surface area contributed by atoms with Gasteiger partial charge in [0.15, 0.2) is 5.58 Å². The van der Waals surface area contributed by atoms with Crippen LogP contribution in [0.1, 0.15) is 41.6 Å². The first-order valence-corrected chi connectivity index (χ1v) is 11.0. The molecule has 2 N–H and O–H groups in total. The molecule has 0 bridgehead atoms. The van der Waals surface area contributed by atoms with Crippen LogP contribution < -0.4 is 15.4 Å². The third kappa shape index (κ3) is 5.84. The summed E-state index contributed by atoms with van der Waals surface area (Å²) >= 11 is 0. The second-order valence-electron chi connectivity index (χ2n) is 7.98. The maximum Gasteiger partial charge on any atom is 0.173 e. The first kappa shape index (κ1) is 22.8. The number of hydrogen-bond acceptors (Lipinski definition) is 6. The Kier molecular flexibility index (Phi) is 8.45. The highest BCUT2D eigenvalue weighted by atomic mass is 16.5. The number of rotatable bonds is 6. The van der Waals surface area contributed by atoms with Gasteiger partial charge in [0.2, 0.25) is 0 Å². The quantitative estimate of drug-likeness (QED) is 0.617. The van der Waals surface area contributed by atoms with E-state index in [4.69, 9.17) is 9.26 Å². The molecule has 0 radical (unpaired) electrons. The minimum Gasteiger partial charge on any atom is -0.488 e. The number of hydrogen-bond donors (Lipinski definition) is 2. The van der Waals surface area contributed by atoms with Crippen molar-refractivity contribution in [3.8, 4) is 11.8 Å². The van der Waals surface area contributed by atoms with E-state index in [2.05, 4.69) is 21.9 Å². The lowest BCUT2D eigenvalue weighted by molar-refractivity contribution is 0.303. The standard InChI is InChI=1S/C23H25N3O2.C2H7N/c1-16-22(27-15-19-5-3-2-4-18(19)14-24)9-7-20-21(26-28-23(16)20)8-6-17-10-12-25-13-11-17;1-3-2/h2-5,7,9,17,25H,6,8,10-13,15H2,1H3;3H,1-2H3. The number of ether oxygens (including phenoxy) is 1. The van der Waals surface area contributed by atoms with E-state index in [0.29, 0.717) is 12.2 Å². The van der Waals surface area contributed by atoms with E-state index in [1.165, 1.54) is 12.8 Å². The van der Waals surface area contributed by atoms with Crippen molar-refractivity contribution < 1.29 is 9.26 Å². The Labute approximate surface area is 184 Å². The van der Waals surface area contributed by atoms with Crippen LogP contribution in [0.4, 0.5) is 0 Å². The zero-order valence-electron chi connectivity index (χ0n) is 18.7. The van der Waals surface area contributed by atoms with Crippen LogP contribution in [0.2, 0.25) is 0 Å². The Morgan fingerprint density at radius 1 is 1.19 bits per heavy atom. The molecule has 0 spiro atoms. The largest absolute Gasteiger partial charge is 0.488 e. The van der Waals surface area contributed by atoms with Gasteiger partial charge < -0.3 is 19.9 Å². The van der Waals surface area contributed by atoms with Gasteiger partial charge in [-0.3, -0.25) is 0 Å². The van der Waals surface area contributed by atoms with Crippen LogP contribution in [0.5, 0.6) is 5.75 Å². The lowest BCUT2D eigenvalue weighted by Crippen LogP contribution is -2.27. The number of aryl methyl sites for hydroxylation is 2. The summed E-state index contributed by atoms with van der Waals surface area (Å²) in [5, 5.41) is 20.8. The summed E-state index contributed by atoms with van der Waals surface area (Å²) in [6.45, 7) is 4.60. The van der Waals surface area contributed by atoms with Crippen LogP contribution >= 0.6 is 0 Å². The van der Waals surface area contributed by atoms with E-state index in [-0.39, 0.29) is 0 Å². The Hall–Kier alpha value is -2.88. The van der Waals surface area contributed by atoms with Gasteiger partial charge in [0.05, 0.1) is 17.3 Å². The molecule has 1 fully saturated rings. The maximum atomic E-state index is 9.23. The molecule has 1 aliphatic heterocycles. The lowest BCUT2D eigenvalue weighted by atomic mass is 9.92. The van der Waals surface area contributed by atoms with Gasteiger partial charge in [0.25, 0.3) is 0 Å². The van der Waals surface area contributed by atoms with Gasteiger partial charge in [-0.25, -0.2) is 0 Å². The number of nitriles is 1. The molecule has 164 valence electrons. The van der Waals surface area contributed by atoms with Crippen LogP contribution in [0, 0.1) is 24.2 Å². The van der Waals surface area contributed by atoms with Gasteiger partial charge in [0, 0.05) is 16.5 Å². The molecule has 0 amide bonds. The van der Waals surface area contributed by atoms with Crippen LogP contribution in [0.25, 0.3) is 11.0 Å². The third-order valence-electron chi connectivity index (χ3n) is 5.68. The normalized spacial score (nSPS) is 14.0. The van der Waals surface area contributed by atoms with Crippen molar-refractivity contribution in [1.82, 2.24) is 15.8 Å². The molecule has 6 nitrogen and oxygen atoms in total. The van der Waals surface area contributed by atoms with Crippen molar-refractivity contribution in [1.29, 1.82) is 5.26 Å². The predicted octanol–water partition coefficient (Wildman–Crippen LogP) is 4.35. The monoisotopic (exact) mass is 420 g/mol. The summed E-state index contributed by atoms with van der Waals surface area (Å²) in [4.78, 5) is 0. The second-order valence-corrected chi connectivity index (χ2v) is 7.98. The molecule has 6 heteroatoms. The molecule has 1 aliphatic rings. The predicted molar refractivity (Wildman–Crippen MR) is 123 cm³/mol. The summed E-state index contributed by atoms with van der Waals surface area (Å²) in [6.07, 6.45) is 4.60. The minimum atomic E-state index is 0.354. The average molecular weight is 421 g/mol. The summed E-state index contributed by atoms with van der Waals surface area (Å²) in [7, 11) is 3.75. The number of nitrogens with zero attached hydrogens (tertiary/aromatic N) is 2. The van der Waals surface area contributed by atoms with E-state index >= 15 is 0 Å². The Morgan fingerprint density at radius 2 is 1.94 bits per heavy atom. The second kappa shape index (κ2) is 11.5. The number of nitrogens with one attached hydrogen (secondary N) is 2. The summed E-state index contributed by atoms with van der Waals surface area (Å²) in [5.41, 5.74) is 4.31. The highest BCUT2D eigenvalue weighted by Gasteiger charge is 2.17. The van der Waals surface area contributed by atoms with Gasteiger partial charge in [-0.05, 0) is 83.9 Å². The number of aromatic nitrogens is 1. The van der Waals surface area contributed by atoms with Gasteiger partial charge in [0.1, 0.15) is 12.4 Å². The van der Waals surface area contributed by atoms with Gasteiger partial charge in [-0.15, -0.1) is 0 Å². The molecule has 2 heterocycles. The molecule has 31 heavy (non-hydrogen) atoms. The number of piperidine rings is 1. The fourth-order valence-corrected chi connectivity index (χ4v) is 3.93. The van der Waals surface area contributed by atoms with E-state index in [9.17, 15) is 5.26 Å². The summed E-state index contributed by atoms with van der Waals surface area (Å²) in [5.74, 6) is 1.54. The molecule has 0 saturated carbocycles. The molecule has 2 aromatic carbocycles. The van der Waals surface area contributed by atoms with Gasteiger partial charge in [-0.1, -0.05) is 23.4 Å². The maximum absolute atomic E-state index is 9.23. The molecule has 1 aromatic heterocycles. The molecule has 4 rings (SSSR count). The van der Waals surface area contributed by atoms with Crippen LogP contribution in [0.15, 0.2) is 40.9 Å². The zero-order chi connectivity index (χ0) is 22.1. The topological polar surface area (TPSA) is 83.1 Å². The minimum absolute atomic E-state index is 0.354. The molecule has 3 aromatic rings. The van der Waals surface area contributed by atoms with E-state index in [1.54, 1.807) is 6.07 Å². The van der Waals surface area contributed by atoms with E-state index in [0.717, 1.165) is 65.4 Å². The fraction of sp³-hybridized carbons (Fsp3) is 0.440. The fourth-order valence-electron chi connectivity index (χ4n) is 3.93. The van der Waals surface area contributed by atoms with Crippen molar-refractivity contribution in [3.63, 3.8) is 0 Å². The molecule has 0 aliphatic carbocycles. The molecule has 0 unspecified atom stereocenters. The van der Waals surface area contributed by atoms with Crippen molar-refractivity contribution in [3.05, 3.63) is 58.8 Å². The highest BCUT2D eigenvalue weighted by Crippen LogP contribution is 2.31. The Balaban J connectivity index is 0.000000858. The zero-order valence-corrected chi connectivity index (χ0v) is 18.7. The third-order valence-corrected chi connectivity index (χ3v) is 5.68. The number of benzene rings is 2. The molecular formula is C25H32N4O2. The van der Waals surface area contributed by atoms with Crippen LogP contribution in [0.3, 0.4) is 0 Å². The first-order valence-electron chi connectivity index (χ1n) is 11.0. The Morgan fingerprint density at radius 3 is 2.68 bits per heavy atom. The summed E-state index contributed by atoms with van der Waals surface area (Å²) in [6, 6.07) is 13.7. The summed E-state index contributed by atoms with van der Waals surface area (Å²) < 4.78 is 11.7. The van der Waals surface area contributed by atoms with E-state index in [1.807, 2.05) is 51.4 Å². The smallest absolute Gasteiger partial charge is 0.173 e. The van der Waals surface area contributed by atoms with E-state index < -0.39 is 0 Å². The average Bonchev–Trinajstić information content (AvgIpc) is 3.22. The van der Waals surface area contributed by atoms with Crippen LogP contribution in [-0.2, 0) is 13.0 Å². The van der Waals surface area contributed by atoms with Crippen LogP contribution in [-0.4, -0.2) is 32.3 Å². The van der Waals surface area contributed by atoms with Crippen molar-refractivity contribution in [2.24, 2.45) is 5.92 Å². The van der Waals surface area contributed by atoms with Crippen molar-refractivity contribution in [2.75, 3.05) is 27.2 Å². The molecule has 1 saturated heterocycles. The first-order chi connectivity index (χ1) is 15.2. The van der Waals surface area contributed by atoms with Crippen molar-refractivity contribution in [2.45, 2.75) is 39.2 Å². The van der Waals surface area contributed by atoms with Gasteiger partial charge in [-0.2, -0.15) is 5.26 Å².